The van der Waals surface area contributed by atoms with Crippen molar-refractivity contribution in [1.82, 2.24) is 14.8 Å². The van der Waals surface area contributed by atoms with Crippen LogP contribution in [0, 0.1) is 0 Å². The van der Waals surface area contributed by atoms with Gasteiger partial charge in [-0.1, -0.05) is 24.3 Å². The van der Waals surface area contributed by atoms with Gasteiger partial charge in [-0.25, -0.2) is 4.79 Å². The lowest BCUT2D eigenvalue weighted by Crippen LogP contribution is -2.42. The molecule has 1 saturated heterocycles. The molecule has 0 unspecified atom stereocenters. The highest BCUT2D eigenvalue weighted by Gasteiger charge is 2.19. The molecule has 0 aliphatic carbocycles. The molecule has 1 aliphatic rings. The van der Waals surface area contributed by atoms with E-state index in [0.717, 1.165) is 36.3 Å². The van der Waals surface area contributed by atoms with Gasteiger partial charge in [-0.3, -0.25) is 9.78 Å². The molecule has 3 amide bonds. The first-order valence-corrected chi connectivity index (χ1v) is 9.61. The minimum Gasteiger partial charge on any atom is -0.341 e. The Morgan fingerprint density at radius 3 is 2.89 bits per heavy atom. The average Bonchev–Trinajstić information content (AvgIpc) is 2.72. The lowest BCUT2D eigenvalue weighted by atomic mass is 10.1. The Bertz CT molecular complexity index is 835. The van der Waals surface area contributed by atoms with Crippen LogP contribution in [0.2, 0.25) is 0 Å². The van der Waals surface area contributed by atoms with Crippen LogP contribution in [0.4, 0.5) is 10.5 Å². The zero-order valence-corrected chi connectivity index (χ0v) is 16.2. The minimum absolute atomic E-state index is 0.185. The Morgan fingerprint density at radius 2 is 2.11 bits per heavy atom. The van der Waals surface area contributed by atoms with Gasteiger partial charge in [-0.2, -0.15) is 0 Å². The lowest BCUT2D eigenvalue weighted by Gasteiger charge is -2.28. The SMILES string of the molecule is CN(CCN1CCCCC1=O)C(=O)Nc1cccc(/C=C/c2ccccn2)c1. The highest BCUT2D eigenvalue weighted by Crippen LogP contribution is 2.14. The van der Waals surface area contributed by atoms with Crippen molar-refractivity contribution in [2.24, 2.45) is 0 Å². The fourth-order valence-electron chi connectivity index (χ4n) is 3.07. The first-order chi connectivity index (χ1) is 13.6. The van der Waals surface area contributed by atoms with E-state index in [4.69, 9.17) is 0 Å². The number of piperidine rings is 1. The van der Waals surface area contributed by atoms with Gasteiger partial charge in [0.15, 0.2) is 0 Å². The Balaban J connectivity index is 1.53. The van der Waals surface area contributed by atoms with Crippen LogP contribution in [0.15, 0.2) is 48.7 Å². The number of benzene rings is 1. The van der Waals surface area contributed by atoms with Crippen LogP contribution in [0.1, 0.15) is 30.5 Å². The van der Waals surface area contributed by atoms with Crippen molar-refractivity contribution in [1.29, 1.82) is 0 Å². The summed E-state index contributed by atoms with van der Waals surface area (Å²) in [5, 5.41) is 2.91. The molecule has 0 radical (unpaired) electrons. The third-order valence-corrected chi connectivity index (χ3v) is 4.75. The van der Waals surface area contributed by atoms with E-state index < -0.39 is 0 Å². The Kier molecular flexibility index (Phi) is 6.78. The number of likely N-dealkylation sites (N-methyl/N-ethyl adjacent to an activating group) is 1. The summed E-state index contributed by atoms with van der Waals surface area (Å²) >= 11 is 0. The van der Waals surface area contributed by atoms with Crippen LogP contribution in [-0.2, 0) is 4.79 Å². The second-order valence-electron chi connectivity index (χ2n) is 6.90. The minimum atomic E-state index is -0.185. The van der Waals surface area contributed by atoms with Gasteiger partial charge in [0.05, 0.1) is 5.69 Å². The third-order valence-electron chi connectivity index (χ3n) is 4.75. The van der Waals surface area contributed by atoms with E-state index in [0.29, 0.717) is 19.5 Å². The molecule has 1 N–H and O–H groups in total. The van der Waals surface area contributed by atoms with E-state index in [1.807, 2.05) is 59.5 Å². The molecule has 1 aliphatic heterocycles. The molecule has 1 fully saturated rings. The summed E-state index contributed by atoms with van der Waals surface area (Å²) < 4.78 is 0. The Hall–Kier alpha value is -3.15. The molecule has 1 aromatic carbocycles. The van der Waals surface area contributed by atoms with Crippen LogP contribution in [0.3, 0.4) is 0 Å². The number of nitrogens with zero attached hydrogens (tertiary/aromatic N) is 3. The maximum atomic E-state index is 12.4. The molecule has 0 saturated carbocycles. The first kappa shape index (κ1) is 19.6. The van der Waals surface area contributed by atoms with Crippen molar-refractivity contribution in [3.63, 3.8) is 0 Å². The van der Waals surface area contributed by atoms with Crippen molar-refractivity contribution < 1.29 is 9.59 Å². The Morgan fingerprint density at radius 1 is 1.21 bits per heavy atom. The number of carbonyl (C=O) groups is 2. The number of carbonyl (C=O) groups excluding carboxylic acids is 2. The van der Waals surface area contributed by atoms with Gasteiger partial charge in [0.2, 0.25) is 5.91 Å². The zero-order chi connectivity index (χ0) is 19.8. The van der Waals surface area contributed by atoms with E-state index in [2.05, 4.69) is 10.3 Å². The highest BCUT2D eigenvalue weighted by molar-refractivity contribution is 5.89. The molecule has 3 rings (SSSR count). The van der Waals surface area contributed by atoms with Crippen LogP contribution in [0.25, 0.3) is 12.2 Å². The van der Waals surface area contributed by atoms with Crippen molar-refractivity contribution in [3.8, 4) is 0 Å². The number of likely N-dealkylation sites (tertiary alicyclic amines) is 1. The molecule has 1 aromatic heterocycles. The second kappa shape index (κ2) is 9.69. The van der Waals surface area contributed by atoms with Crippen LogP contribution in [0.5, 0.6) is 0 Å². The number of hydrogen-bond acceptors (Lipinski definition) is 3. The van der Waals surface area contributed by atoms with E-state index in [1.54, 1.807) is 18.1 Å². The monoisotopic (exact) mass is 378 g/mol. The topological polar surface area (TPSA) is 65.5 Å². The van der Waals surface area contributed by atoms with Gasteiger partial charge in [0.25, 0.3) is 0 Å². The number of aromatic nitrogens is 1. The van der Waals surface area contributed by atoms with Crippen molar-refractivity contribution in [2.75, 3.05) is 32.0 Å². The lowest BCUT2D eigenvalue weighted by molar-refractivity contribution is -0.133. The molecule has 146 valence electrons. The third kappa shape index (κ3) is 5.67. The molecule has 0 atom stereocenters. The van der Waals surface area contributed by atoms with Gasteiger partial charge in [-0.15, -0.1) is 0 Å². The summed E-state index contributed by atoms with van der Waals surface area (Å²) in [5.41, 5.74) is 2.59. The molecule has 6 heteroatoms. The van der Waals surface area contributed by atoms with E-state index >= 15 is 0 Å². The molecular weight excluding hydrogens is 352 g/mol. The number of nitrogens with one attached hydrogen (secondary N) is 1. The molecule has 0 spiro atoms. The predicted molar refractivity (Wildman–Crippen MR) is 112 cm³/mol. The van der Waals surface area contributed by atoms with Crippen molar-refractivity contribution >= 4 is 29.8 Å². The summed E-state index contributed by atoms with van der Waals surface area (Å²) in [4.78, 5) is 32.0. The van der Waals surface area contributed by atoms with E-state index in [-0.39, 0.29) is 11.9 Å². The standard InChI is InChI=1S/C22H26N4O2/c1-25(15-16-26-14-5-3-10-21(26)27)22(28)24-20-9-6-7-18(17-20)11-12-19-8-2-4-13-23-19/h2,4,6-9,11-13,17H,3,5,10,14-16H2,1H3,(H,24,28)/b12-11+. The molecule has 0 bridgehead atoms. The smallest absolute Gasteiger partial charge is 0.321 e. The molecule has 2 heterocycles. The van der Waals surface area contributed by atoms with E-state index in [1.165, 1.54) is 0 Å². The summed E-state index contributed by atoms with van der Waals surface area (Å²) in [6.45, 7) is 1.88. The number of amides is 3. The normalized spacial score (nSPS) is 14.3. The fraction of sp³-hybridized carbons (Fsp3) is 0.318. The molecule has 2 aromatic rings. The highest BCUT2D eigenvalue weighted by atomic mass is 16.2. The predicted octanol–water partition coefficient (Wildman–Crippen LogP) is 3.73. The van der Waals surface area contributed by atoms with Gasteiger partial charge >= 0.3 is 6.03 Å². The van der Waals surface area contributed by atoms with Gasteiger partial charge < -0.3 is 15.1 Å². The summed E-state index contributed by atoms with van der Waals surface area (Å²) in [6.07, 6.45) is 8.28. The fourth-order valence-corrected chi connectivity index (χ4v) is 3.07. The van der Waals surface area contributed by atoms with Crippen LogP contribution >= 0.6 is 0 Å². The average molecular weight is 378 g/mol. The molecule has 28 heavy (non-hydrogen) atoms. The van der Waals surface area contributed by atoms with Crippen LogP contribution < -0.4 is 5.32 Å². The van der Waals surface area contributed by atoms with Gasteiger partial charge in [-0.05, 0) is 48.7 Å². The zero-order valence-electron chi connectivity index (χ0n) is 16.2. The number of hydrogen-bond donors (Lipinski definition) is 1. The number of anilines is 1. The summed E-state index contributed by atoms with van der Waals surface area (Å²) in [7, 11) is 1.74. The van der Waals surface area contributed by atoms with Crippen molar-refractivity contribution in [3.05, 3.63) is 59.9 Å². The molecular formula is C22H26N4O2. The summed E-state index contributed by atoms with van der Waals surface area (Å²) in [5.74, 6) is 0.187. The van der Waals surface area contributed by atoms with Crippen LogP contribution in [-0.4, -0.2) is 53.4 Å². The maximum absolute atomic E-state index is 12.4. The maximum Gasteiger partial charge on any atom is 0.321 e. The van der Waals surface area contributed by atoms with Gasteiger partial charge in [0, 0.05) is 45.0 Å². The van der Waals surface area contributed by atoms with Crippen molar-refractivity contribution in [2.45, 2.75) is 19.3 Å². The first-order valence-electron chi connectivity index (χ1n) is 9.61. The second-order valence-corrected chi connectivity index (χ2v) is 6.90. The largest absolute Gasteiger partial charge is 0.341 e. The number of pyridine rings is 1. The van der Waals surface area contributed by atoms with E-state index in [9.17, 15) is 9.59 Å². The Labute approximate surface area is 165 Å². The number of urea groups is 1. The molecule has 6 nitrogen and oxygen atoms in total. The summed E-state index contributed by atoms with van der Waals surface area (Å²) in [6, 6.07) is 13.2. The quantitative estimate of drug-likeness (QED) is 0.833. The van der Waals surface area contributed by atoms with Gasteiger partial charge in [0.1, 0.15) is 0 Å². The number of rotatable bonds is 6.